The fourth-order valence-electron chi connectivity index (χ4n) is 2.92. The van der Waals surface area contributed by atoms with Crippen LogP contribution in [0.15, 0.2) is 17.6 Å². The Hall–Kier alpha value is -1.27. The number of nitrogens with one attached hydrogen (secondary N) is 1. The Morgan fingerprint density at radius 2 is 2.25 bits per heavy atom. The molecule has 0 saturated heterocycles. The van der Waals surface area contributed by atoms with E-state index in [2.05, 4.69) is 31.8 Å². The molecule has 0 bridgehead atoms. The number of aromatic nitrogens is 4. The molecular formula is C14H21N5S. The van der Waals surface area contributed by atoms with Crippen LogP contribution in [0.3, 0.4) is 0 Å². The van der Waals surface area contributed by atoms with E-state index in [1.807, 2.05) is 12.4 Å². The van der Waals surface area contributed by atoms with Crippen molar-refractivity contribution >= 4 is 11.5 Å². The van der Waals surface area contributed by atoms with Crippen LogP contribution in [0, 0.1) is 0 Å². The maximum atomic E-state index is 4.76. The molecule has 0 aromatic carbocycles. The van der Waals surface area contributed by atoms with E-state index in [0.717, 1.165) is 17.8 Å². The van der Waals surface area contributed by atoms with Crippen LogP contribution in [0.25, 0.3) is 0 Å². The van der Waals surface area contributed by atoms with E-state index in [1.54, 1.807) is 0 Å². The fourth-order valence-corrected chi connectivity index (χ4v) is 3.43. The Balaban J connectivity index is 1.67. The van der Waals surface area contributed by atoms with E-state index in [-0.39, 0.29) is 6.04 Å². The van der Waals surface area contributed by atoms with Crippen molar-refractivity contribution in [2.24, 2.45) is 0 Å². The van der Waals surface area contributed by atoms with Gasteiger partial charge in [0.25, 0.3) is 0 Å². The van der Waals surface area contributed by atoms with Gasteiger partial charge < -0.3 is 5.32 Å². The van der Waals surface area contributed by atoms with Crippen LogP contribution in [0.2, 0.25) is 0 Å². The Bertz CT molecular complexity index is 515. The van der Waals surface area contributed by atoms with Gasteiger partial charge in [0.1, 0.15) is 0 Å². The van der Waals surface area contributed by atoms with Crippen molar-refractivity contribution < 1.29 is 0 Å². The third-order valence-electron chi connectivity index (χ3n) is 4.11. The second-order valence-corrected chi connectivity index (χ2v) is 6.06. The van der Waals surface area contributed by atoms with Crippen molar-refractivity contribution in [3.05, 3.63) is 29.0 Å². The van der Waals surface area contributed by atoms with Crippen LogP contribution >= 0.6 is 11.5 Å². The minimum Gasteiger partial charge on any atom is -0.311 e. The molecule has 5 nitrogen and oxygen atoms in total. The van der Waals surface area contributed by atoms with Crippen molar-refractivity contribution in [2.45, 2.75) is 50.6 Å². The highest BCUT2D eigenvalue weighted by molar-refractivity contribution is 7.03. The van der Waals surface area contributed by atoms with Gasteiger partial charge in [-0.3, -0.25) is 4.68 Å². The van der Waals surface area contributed by atoms with Crippen molar-refractivity contribution in [2.75, 3.05) is 7.05 Å². The van der Waals surface area contributed by atoms with Gasteiger partial charge in [-0.2, -0.15) is 5.10 Å². The summed E-state index contributed by atoms with van der Waals surface area (Å²) in [5, 5.41) is 14.2. The van der Waals surface area contributed by atoms with Crippen LogP contribution in [-0.2, 0) is 6.42 Å². The third kappa shape index (κ3) is 3.07. The van der Waals surface area contributed by atoms with E-state index >= 15 is 0 Å². The second-order valence-electron chi connectivity index (χ2n) is 5.45. The summed E-state index contributed by atoms with van der Waals surface area (Å²) in [4.78, 5) is 0. The molecule has 20 heavy (non-hydrogen) atoms. The van der Waals surface area contributed by atoms with Gasteiger partial charge in [-0.15, -0.1) is 5.10 Å². The quantitative estimate of drug-likeness (QED) is 0.920. The first-order valence-corrected chi connectivity index (χ1v) is 8.18. The molecule has 1 unspecified atom stereocenters. The molecular weight excluding hydrogens is 270 g/mol. The maximum Gasteiger partial charge on any atom is 0.0928 e. The van der Waals surface area contributed by atoms with Gasteiger partial charge in [0.05, 0.1) is 23.5 Å². The Labute approximate surface area is 123 Å². The van der Waals surface area contributed by atoms with Crippen LogP contribution in [-0.4, -0.2) is 26.4 Å². The number of nitrogens with zero attached hydrogens (tertiary/aromatic N) is 4. The molecule has 1 aliphatic carbocycles. The molecule has 6 heteroatoms. The molecule has 0 aliphatic heterocycles. The normalized spacial score (nSPS) is 18.2. The molecule has 108 valence electrons. The minimum absolute atomic E-state index is 0.198. The van der Waals surface area contributed by atoms with Crippen molar-refractivity contribution in [1.29, 1.82) is 0 Å². The lowest BCUT2D eigenvalue weighted by Gasteiger charge is -2.21. The predicted molar refractivity (Wildman–Crippen MR) is 79.8 cm³/mol. The number of likely N-dealkylation sites (N-methyl/N-ethyl adjacent to an activating group) is 1. The summed E-state index contributed by atoms with van der Waals surface area (Å²) in [6.45, 7) is 0. The summed E-state index contributed by atoms with van der Waals surface area (Å²) in [5.41, 5.74) is 2.13. The monoisotopic (exact) mass is 291 g/mol. The maximum absolute atomic E-state index is 4.76. The van der Waals surface area contributed by atoms with E-state index < -0.39 is 0 Å². The third-order valence-corrected chi connectivity index (χ3v) is 4.63. The Morgan fingerprint density at radius 3 is 2.95 bits per heavy atom. The molecule has 0 spiro atoms. The Morgan fingerprint density at radius 1 is 1.40 bits per heavy atom. The highest BCUT2D eigenvalue weighted by atomic mass is 32.1. The van der Waals surface area contributed by atoms with E-state index in [1.165, 1.54) is 43.6 Å². The molecule has 1 N–H and O–H groups in total. The van der Waals surface area contributed by atoms with Crippen molar-refractivity contribution in [3.8, 4) is 0 Å². The average Bonchev–Trinajstić information content (AvgIpc) is 3.17. The van der Waals surface area contributed by atoms with Crippen molar-refractivity contribution in [3.63, 3.8) is 0 Å². The summed E-state index contributed by atoms with van der Waals surface area (Å²) >= 11 is 1.40. The van der Waals surface area contributed by atoms with Crippen LogP contribution in [0.5, 0.6) is 0 Å². The first kappa shape index (κ1) is 13.7. The molecule has 2 aromatic rings. The van der Waals surface area contributed by atoms with Gasteiger partial charge in [-0.25, -0.2) is 0 Å². The van der Waals surface area contributed by atoms with Gasteiger partial charge in [0.15, 0.2) is 0 Å². The zero-order chi connectivity index (χ0) is 13.8. The van der Waals surface area contributed by atoms with Crippen LogP contribution in [0.4, 0.5) is 0 Å². The molecule has 2 heterocycles. The SMILES string of the molecule is CNC(Cc1ccn(C2CCCCC2)n1)c1csnn1. The summed E-state index contributed by atoms with van der Waals surface area (Å²) in [7, 11) is 1.96. The summed E-state index contributed by atoms with van der Waals surface area (Å²) < 4.78 is 6.10. The topological polar surface area (TPSA) is 55.6 Å². The van der Waals surface area contributed by atoms with Gasteiger partial charge in [0, 0.05) is 18.0 Å². The number of hydrogen-bond donors (Lipinski definition) is 1. The fraction of sp³-hybridized carbons (Fsp3) is 0.643. The van der Waals surface area contributed by atoms with Crippen LogP contribution in [0.1, 0.15) is 55.6 Å². The largest absolute Gasteiger partial charge is 0.311 e. The average molecular weight is 291 g/mol. The van der Waals surface area contributed by atoms with Crippen LogP contribution < -0.4 is 5.32 Å². The number of hydrogen-bond acceptors (Lipinski definition) is 5. The molecule has 1 atom stereocenters. The van der Waals surface area contributed by atoms with E-state index in [9.17, 15) is 0 Å². The summed E-state index contributed by atoms with van der Waals surface area (Å²) in [5.74, 6) is 0. The lowest BCUT2D eigenvalue weighted by Crippen LogP contribution is -2.20. The molecule has 3 rings (SSSR count). The van der Waals surface area contributed by atoms with Gasteiger partial charge in [-0.05, 0) is 37.5 Å². The lowest BCUT2D eigenvalue weighted by molar-refractivity contribution is 0.327. The highest BCUT2D eigenvalue weighted by Gasteiger charge is 2.18. The zero-order valence-corrected chi connectivity index (χ0v) is 12.6. The van der Waals surface area contributed by atoms with Gasteiger partial charge in [-0.1, -0.05) is 23.8 Å². The standard InChI is InChI=1S/C14H21N5S/c1-15-13(14-10-20-18-16-14)9-11-7-8-19(17-11)12-5-3-2-4-6-12/h7-8,10,12-13,15H,2-6,9H2,1H3. The Kier molecular flexibility index (Phi) is 4.42. The molecule has 1 aliphatic rings. The lowest BCUT2D eigenvalue weighted by atomic mass is 9.96. The first-order valence-electron chi connectivity index (χ1n) is 7.35. The first-order chi connectivity index (χ1) is 9.86. The van der Waals surface area contributed by atoms with E-state index in [0.29, 0.717) is 6.04 Å². The molecule has 1 saturated carbocycles. The number of rotatable bonds is 5. The molecule has 2 aromatic heterocycles. The summed E-state index contributed by atoms with van der Waals surface area (Å²) in [6.07, 6.45) is 9.59. The predicted octanol–water partition coefficient (Wildman–Crippen LogP) is 2.74. The molecule has 0 amide bonds. The van der Waals surface area contributed by atoms with Gasteiger partial charge >= 0.3 is 0 Å². The van der Waals surface area contributed by atoms with Crippen molar-refractivity contribution in [1.82, 2.24) is 24.7 Å². The summed E-state index contributed by atoms with van der Waals surface area (Å²) in [6, 6.07) is 2.94. The second kappa shape index (κ2) is 6.45. The molecule has 1 fully saturated rings. The van der Waals surface area contributed by atoms with Gasteiger partial charge in [0.2, 0.25) is 0 Å². The highest BCUT2D eigenvalue weighted by Crippen LogP contribution is 2.27. The zero-order valence-electron chi connectivity index (χ0n) is 11.8. The molecule has 0 radical (unpaired) electrons. The minimum atomic E-state index is 0.198. The van der Waals surface area contributed by atoms with E-state index in [4.69, 9.17) is 5.10 Å². The smallest absolute Gasteiger partial charge is 0.0928 e.